The summed E-state index contributed by atoms with van der Waals surface area (Å²) in [5, 5.41) is 3.01. The van der Waals surface area contributed by atoms with Crippen LogP contribution < -0.4 is 10.0 Å². The lowest BCUT2D eigenvalue weighted by molar-refractivity contribution is -0.141. The smallest absolute Gasteiger partial charge is 0.243 e. The van der Waals surface area contributed by atoms with Gasteiger partial charge in [-0.15, -0.1) is 0 Å². The monoisotopic (exact) mass is 581 g/mol. The Morgan fingerprint density at radius 3 is 2.12 bits per heavy atom. The van der Waals surface area contributed by atoms with Crippen LogP contribution in [-0.2, 0) is 39.0 Å². The molecule has 3 aromatic carbocycles. The molecule has 3 aromatic rings. The average molecular weight is 582 g/mol. The first-order chi connectivity index (χ1) is 19.6. The minimum absolute atomic E-state index is 0.116. The second kappa shape index (κ2) is 15.4. The van der Waals surface area contributed by atoms with Crippen LogP contribution in [0.2, 0.25) is 0 Å². The molecule has 0 heterocycles. The summed E-state index contributed by atoms with van der Waals surface area (Å²) in [5.41, 5.74) is 2.44. The molecule has 0 aliphatic heterocycles. The Labute approximate surface area is 243 Å². The summed E-state index contributed by atoms with van der Waals surface area (Å²) in [7, 11) is -3.57. The highest BCUT2D eigenvalue weighted by molar-refractivity contribution is 7.89. The summed E-state index contributed by atoms with van der Waals surface area (Å²) in [6.07, 6.45) is 1.63. The summed E-state index contributed by atoms with van der Waals surface area (Å²) in [6, 6.07) is 21.1. The van der Waals surface area contributed by atoms with Crippen molar-refractivity contribution >= 4 is 21.8 Å². The number of halogens is 1. The number of nitrogens with one attached hydrogen (secondary N) is 2. The molecule has 0 spiro atoms. The first-order valence-electron chi connectivity index (χ1n) is 14.0. The number of carbonyl (C=O) groups excluding carboxylic acids is 2. The van der Waals surface area contributed by atoms with Gasteiger partial charge in [0.25, 0.3) is 0 Å². The van der Waals surface area contributed by atoms with Crippen molar-refractivity contribution in [1.29, 1.82) is 0 Å². The van der Waals surface area contributed by atoms with Crippen LogP contribution in [0.3, 0.4) is 0 Å². The number of nitrogens with zero attached hydrogens (tertiary/aromatic N) is 1. The van der Waals surface area contributed by atoms with Crippen molar-refractivity contribution in [3.8, 4) is 0 Å². The molecule has 2 amide bonds. The highest BCUT2D eigenvalue weighted by Crippen LogP contribution is 2.18. The van der Waals surface area contributed by atoms with E-state index in [1.54, 1.807) is 36.1 Å². The molecule has 0 aliphatic carbocycles. The summed E-state index contributed by atoms with van der Waals surface area (Å²) in [5.74, 6) is -0.418. The fourth-order valence-electron chi connectivity index (χ4n) is 4.45. The number of amides is 2. The van der Waals surface area contributed by atoms with Crippen LogP contribution >= 0.6 is 0 Å². The highest BCUT2D eigenvalue weighted by Gasteiger charge is 2.30. The Bertz CT molecular complexity index is 1360. The predicted molar refractivity (Wildman–Crippen MR) is 159 cm³/mol. The van der Waals surface area contributed by atoms with Gasteiger partial charge < -0.3 is 10.2 Å². The molecule has 41 heavy (non-hydrogen) atoms. The minimum Gasteiger partial charge on any atom is -0.354 e. The molecule has 0 aliphatic rings. The largest absolute Gasteiger partial charge is 0.354 e. The van der Waals surface area contributed by atoms with E-state index in [4.69, 9.17) is 0 Å². The number of carbonyl (C=O) groups is 2. The van der Waals surface area contributed by atoms with Gasteiger partial charge in [-0.2, -0.15) is 0 Å². The van der Waals surface area contributed by atoms with Crippen molar-refractivity contribution in [2.24, 2.45) is 5.92 Å². The van der Waals surface area contributed by atoms with Gasteiger partial charge in [-0.1, -0.05) is 75.4 Å². The van der Waals surface area contributed by atoms with Gasteiger partial charge in [0.15, 0.2) is 0 Å². The summed E-state index contributed by atoms with van der Waals surface area (Å²) in [4.78, 5) is 29.1. The third-order valence-electron chi connectivity index (χ3n) is 6.75. The molecule has 7 nitrogen and oxygen atoms in total. The molecule has 220 valence electrons. The second-order valence-corrected chi connectivity index (χ2v) is 12.2. The Hall–Kier alpha value is -3.56. The van der Waals surface area contributed by atoms with E-state index in [9.17, 15) is 22.4 Å². The molecule has 9 heteroatoms. The normalized spacial score (nSPS) is 12.2. The van der Waals surface area contributed by atoms with Gasteiger partial charge in [0.2, 0.25) is 21.8 Å². The molecule has 0 saturated heterocycles. The van der Waals surface area contributed by atoms with Crippen molar-refractivity contribution in [3.05, 3.63) is 101 Å². The molecule has 0 radical (unpaired) electrons. The fraction of sp³-hybridized carbons (Fsp3) is 0.375. The van der Waals surface area contributed by atoms with Crippen molar-refractivity contribution < 1.29 is 22.4 Å². The molecule has 1 atom stereocenters. The number of benzene rings is 3. The fourth-order valence-corrected chi connectivity index (χ4v) is 5.49. The first-order valence-corrected chi connectivity index (χ1v) is 15.5. The molecular formula is C32H40FN3O4S. The van der Waals surface area contributed by atoms with E-state index in [1.165, 1.54) is 24.3 Å². The number of sulfonamides is 1. The van der Waals surface area contributed by atoms with Gasteiger partial charge in [0, 0.05) is 32.5 Å². The van der Waals surface area contributed by atoms with Crippen molar-refractivity contribution in [3.63, 3.8) is 0 Å². The van der Waals surface area contributed by atoms with Crippen LogP contribution in [-0.4, -0.2) is 44.3 Å². The van der Waals surface area contributed by atoms with Crippen LogP contribution in [0.15, 0.2) is 83.8 Å². The van der Waals surface area contributed by atoms with Crippen molar-refractivity contribution in [2.75, 3.05) is 13.1 Å². The zero-order chi connectivity index (χ0) is 29.8. The average Bonchev–Trinajstić information content (AvgIpc) is 2.95. The predicted octanol–water partition coefficient (Wildman–Crippen LogP) is 4.86. The molecule has 3 rings (SSSR count). The van der Waals surface area contributed by atoms with Crippen LogP contribution in [0, 0.1) is 11.7 Å². The maximum Gasteiger partial charge on any atom is 0.243 e. The Morgan fingerprint density at radius 1 is 0.878 bits per heavy atom. The SMILES string of the molecule is CCNS(=O)(=O)c1ccc(CCC(=O)N(Cc2ccc(F)cc2)C(Cc2ccccc2)C(=O)NCCC(C)C)cc1. The Morgan fingerprint density at radius 2 is 1.51 bits per heavy atom. The lowest BCUT2D eigenvalue weighted by atomic mass is 10.0. The van der Waals surface area contributed by atoms with Crippen LogP contribution in [0.5, 0.6) is 0 Å². The van der Waals surface area contributed by atoms with Gasteiger partial charge in [0.05, 0.1) is 4.90 Å². The topological polar surface area (TPSA) is 95.6 Å². The van der Waals surface area contributed by atoms with Crippen LogP contribution in [0.1, 0.15) is 50.3 Å². The van der Waals surface area contributed by atoms with E-state index >= 15 is 0 Å². The zero-order valence-corrected chi connectivity index (χ0v) is 24.8. The Balaban J connectivity index is 1.85. The molecule has 2 N–H and O–H groups in total. The third-order valence-corrected chi connectivity index (χ3v) is 8.32. The molecule has 0 fully saturated rings. The maximum absolute atomic E-state index is 13.8. The number of aryl methyl sites for hydroxylation is 1. The molecular weight excluding hydrogens is 541 g/mol. The van der Waals surface area contributed by atoms with Gasteiger partial charge in [0.1, 0.15) is 11.9 Å². The van der Waals surface area contributed by atoms with E-state index < -0.39 is 16.1 Å². The lowest BCUT2D eigenvalue weighted by Crippen LogP contribution is -2.50. The number of hydrogen-bond donors (Lipinski definition) is 2. The summed E-state index contributed by atoms with van der Waals surface area (Å²) in [6.45, 7) is 6.82. The Kier molecular flexibility index (Phi) is 12.0. The van der Waals surface area contributed by atoms with Gasteiger partial charge in [-0.3, -0.25) is 9.59 Å². The quantitative estimate of drug-likeness (QED) is 0.268. The van der Waals surface area contributed by atoms with Crippen molar-refractivity contribution in [1.82, 2.24) is 14.9 Å². The molecule has 1 unspecified atom stereocenters. The van der Waals surface area contributed by atoms with E-state index in [0.717, 1.165) is 17.5 Å². The van der Waals surface area contributed by atoms with Gasteiger partial charge in [-0.25, -0.2) is 17.5 Å². The molecule has 0 saturated carbocycles. The molecule has 0 bridgehead atoms. The summed E-state index contributed by atoms with van der Waals surface area (Å²) >= 11 is 0. The maximum atomic E-state index is 13.8. The summed E-state index contributed by atoms with van der Waals surface area (Å²) < 4.78 is 40.6. The molecule has 0 aromatic heterocycles. The highest BCUT2D eigenvalue weighted by atomic mass is 32.2. The second-order valence-electron chi connectivity index (χ2n) is 10.5. The number of hydrogen-bond acceptors (Lipinski definition) is 4. The standard InChI is InChI=1S/C32H40FN3O4S/c1-4-35-41(39,40)29-17-12-25(13-18-29)14-19-31(37)36(23-27-10-15-28(33)16-11-27)30(22-26-8-6-5-7-9-26)32(38)34-21-20-24(2)3/h5-13,15-18,24,30,35H,4,14,19-23H2,1-3H3,(H,34,38). The van der Waals surface area contributed by atoms with Crippen LogP contribution in [0.4, 0.5) is 4.39 Å². The van der Waals surface area contributed by atoms with E-state index in [2.05, 4.69) is 23.9 Å². The zero-order valence-electron chi connectivity index (χ0n) is 24.0. The van der Waals surface area contributed by atoms with Gasteiger partial charge in [-0.05, 0) is 59.7 Å². The van der Waals surface area contributed by atoms with Crippen molar-refractivity contribution in [2.45, 2.75) is 63.9 Å². The third kappa shape index (κ3) is 10.1. The first kappa shape index (κ1) is 32.0. The minimum atomic E-state index is -3.57. The van der Waals surface area contributed by atoms with Crippen LogP contribution in [0.25, 0.3) is 0 Å². The van der Waals surface area contributed by atoms with E-state index in [-0.39, 0.29) is 42.0 Å². The van der Waals surface area contributed by atoms with Gasteiger partial charge >= 0.3 is 0 Å². The van der Waals surface area contributed by atoms with E-state index in [0.29, 0.717) is 30.9 Å². The van der Waals surface area contributed by atoms with E-state index in [1.807, 2.05) is 30.3 Å². The number of rotatable bonds is 15. The lowest BCUT2D eigenvalue weighted by Gasteiger charge is -2.32.